The Balaban J connectivity index is 1.89. The summed E-state index contributed by atoms with van der Waals surface area (Å²) in [6.07, 6.45) is -4.65. The van der Waals surface area contributed by atoms with Crippen molar-refractivity contribution in [2.24, 2.45) is 0 Å². The molecular formula is C14H11F4N5. The van der Waals surface area contributed by atoms with E-state index in [1.165, 1.54) is 24.3 Å². The van der Waals surface area contributed by atoms with Crippen LogP contribution in [-0.4, -0.2) is 19.8 Å². The van der Waals surface area contributed by atoms with E-state index >= 15 is 0 Å². The van der Waals surface area contributed by atoms with E-state index in [0.29, 0.717) is 4.52 Å². The van der Waals surface area contributed by atoms with E-state index in [-0.39, 0.29) is 23.3 Å². The molecule has 23 heavy (non-hydrogen) atoms. The third-order valence-electron chi connectivity index (χ3n) is 3.25. The van der Waals surface area contributed by atoms with Crippen molar-refractivity contribution < 1.29 is 17.6 Å². The molecule has 0 saturated heterocycles. The molecule has 1 N–H and O–H groups in total. The van der Waals surface area contributed by atoms with Gasteiger partial charge in [0.2, 0.25) is 0 Å². The van der Waals surface area contributed by atoms with Crippen LogP contribution in [-0.2, 0) is 6.18 Å². The maximum Gasteiger partial charge on any atom is 0.453 e. The smallest absolute Gasteiger partial charge is 0.362 e. The number of hydrogen-bond acceptors (Lipinski definition) is 4. The first-order valence-corrected chi connectivity index (χ1v) is 6.66. The zero-order chi connectivity index (χ0) is 16.6. The van der Waals surface area contributed by atoms with Crippen molar-refractivity contribution in [1.29, 1.82) is 0 Å². The van der Waals surface area contributed by atoms with E-state index in [0.717, 1.165) is 5.56 Å². The molecule has 0 bridgehead atoms. The summed E-state index contributed by atoms with van der Waals surface area (Å²) < 4.78 is 52.0. The van der Waals surface area contributed by atoms with Crippen LogP contribution in [0.2, 0.25) is 0 Å². The van der Waals surface area contributed by atoms with Gasteiger partial charge in [-0.3, -0.25) is 0 Å². The number of anilines is 1. The number of nitrogens with zero attached hydrogens (tertiary/aromatic N) is 4. The van der Waals surface area contributed by atoms with Gasteiger partial charge in [0.15, 0.2) is 5.65 Å². The van der Waals surface area contributed by atoms with Crippen LogP contribution in [0.15, 0.2) is 36.4 Å². The molecule has 2 heterocycles. The zero-order valence-electron chi connectivity index (χ0n) is 11.8. The zero-order valence-corrected chi connectivity index (χ0v) is 11.8. The lowest BCUT2D eigenvalue weighted by atomic mass is 10.1. The van der Waals surface area contributed by atoms with Crippen LogP contribution >= 0.6 is 0 Å². The van der Waals surface area contributed by atoms with Crippen molar-refractivity contribution in [1.82, 2.24) is 19.8 Å². The summed E-state index contributed by atoms with van der Waals surface area (Å²) in [6.45, 7) is 1.79. The largest absolute Gasteiger partial charge is 0.453 e. The Bertz CT molecular complexity index is 825. The van der Waals surface area contributed by atoms with Crippen molar-refractivity contribution in [2.45, 2.75) is 19.1 Å². The van der Waals surface area contributed by atoms with E-state index < -0.39 is 12.0 Å². The highest BCUT2D eigenvalue weighted by Gasteiger charge is 2.37. The minimum atomic E-state index is -4.65. The van der Waals surface area contributed by atoms with E-state index in [1.807, 2.05) is 0 Å². The van der Waals surface area contributed by atoms with E-state index in [1.54, 1.807) is 19.1 Å². The summed E-state index contributed by atoms with van der Waals surface area (Å²) in [5.41, 5.74) is 0.769. The normalized spacial score (nSPS) is 13.3. The van der Waals surface area contributed by atoms with Crippen LogP contribution in [0.5, 0.6) is 0 Å². The van der Waals surface area contributed by atoms with E-state index in [2.05, 4.69) is 20.6 Å². The summed E-state index contributed by atoms with van der Waals surface area (Å²) in [5.74, 6) is -1.33. The molecule has 0 aliphatic carbocycles. The van der Waals surface area contributed by atoms with Crippen molar-refractivity contribution in [3.8, 4) is 0 Å². The van der Waals surface area contributed by atoms with Crippen LogP contribution in [0.25, 0.3) is 5.65 Å². The lowest BCUT2D eigenvalue weighted by Gasteiger charge is -2.15. The fourth-order valence-corrected chi connectivity index (χ4v) is 2.10. The monoisotopic (exact) mass is 325 g/mol. The summed E-state index contributed by atoms with van der Waals surface area (Å²) in [5, 5.41) is 13.4. The predicted molar refractivity (Wildman–Crippen MR) is 74.2 cm³/mol. The summed E-state index contributed by atoms with van der Waals surface area (Å²) in [4.78, 5) is 0. The number of hydrogen-bond donors (Lipinski definition) is 1. The summed E-state index contributed by atoms with van der Waals surface area (Å²) in [7, 11) is 0. The topological polar surface area (TPSA) is 55.1 Å². The van der Waals surface area contributed by atoms with Gasteiger partial charge in [-0.25, -0.2) is 4.39 Å². The molecule has 0 amide bonds. The second-order valence-corrected chi connectivity index (χ2v) is 4.93. The maximum atomic E-state index is 12.9. The summed E-state index contributed by atoms with van der Waals surface area (Å²) in [6, 6.07) is 8.42. The Labute approximate surface area is 128 Å². The molecule has 5 nitrogen and oxygen atoms in total. The Kier molecular flexibility index (Phi) is 3.63. The first kappa shape index (κ1) is 15.2. The predicted octanol–water partition coefficient (Wildman–Crippen LogP) is 3.46. The SMILES string of the molecule is C[C@H](Nc1ccc2nnc(C(F)(F)F)n2n1)c1ccc(F)cc1. The van der Waals surface area contributed by atoms with Gasteiger partial charge in [0.25, 0.3) is 5.82 Å². The molecule has 3 aromatic rings. The van der Waals surface area contributed by atoms with Crippen molar-refractivity contribution >= 4 is 11.5 Å². The van der Waals surface area contributed by atoms with E-state index in [4.69, 9.17) is 0 Å². The summed E-state index contributed by atoms with van der Waals surface area (Å²) >= 11 is 0. The highest BCUT2D eigenvalue weighted by molar-refractivity contribution is 5.45. The fourth-order valence-electron chi connectivity index (χ4n) is 2.10. The number of fused-ring (bicyclic) bond motifs is 1. The molecule has 0 unspecified atom stereocenters. The van der Waals surface area contributed by atoms with Crippen LogP contribution in [0.3, 0.4) is 0 Å². The van der Waals surface area contributed by atoms with Gasteiger partial charge >= 0.3 is 6.18 Å². The minimum absolute atomic E-state index is 0.00249. The van der Waals surface area contributed by atoms with Crippen LogP contribution in [0.4, 0.5) is 23.4 Å². The van der Waals surface area contributed by atoms with Gasteiger partial charge in [0.1, 0.15) is 11.6 Å². The van der Waals surface area contributed by atoms with Gasteiger partial charge in [0, 0.05) is 0 Å². The molecule has 9 heteroatoms. The lowest BCUT2D eigenvalue weighted by Crippen LogP contribution is -2.14. The van der Waals surface area contributed by atoms with Crippen LogP contribution < -0.4 is 5.32 Å². The van der Waals surface area contributed by atoms with Gasteiger partial charge in [-0.1, -0.05) is 12.1 Å². The molecule has 0 saturated carbocycles. The second kappa shape index (κ2) is 5.49. The molecule has 2 aromatic heterocycles. The number of benzene rings is 1. The fraction of sp³-hybridized carbons (Fsp3) is 0.214. The highest BCUT2D eigenvalue weighted by atomic mass is 19.4. The van der Waals surface area contributed by atoms with Crippen molar-refractivity contribution in [3.05, 3.63) is 53.6 Å². The van der Waals surface area contributed by atoms with Gasteiger partial charge in [0.05, 0.1) is 6.04 Å². The highest BCUT2D eigenvalue weighted by Crippen LogP contribution is 2.28. The molecule has 1 aromatic carbocycles. The first-order valence-electron chi connectivity index (χ1n) is 6.66. The number of aromatic nitrogens is 4. The molecular weight excluding hydrogens is 314 g/mol. The average molecular weight is 325 g/mol. The second-order valence-electron chi connectivity index (χ2n) is 4.93. The Morgan fingerprint density at radius 3 is 2.39 bits per heavy atom. The lowest BCUT2D eigenvalue weighted by molar-refractivity contribution is -0.146. The quantitative estimate of drug-likeness (QED) is 0.749. The standard InChI is InChI=1S/C14H11F4N5/c1-8(9-2-4-10(15)5-3-9)19-11-6-7-12-20-21-13(14(16,17)18)23(12)22-11/h2-8H,1H3,(H,19,22)/t8-/m0/s1. The third kappa shape index (κ3) is 3.08. The number of nitrogens with one attached hydrogen (secondary N) is 1. The van der Waals surface area contributed by atoms with Crippen LogP contribution in [0.1, 0.15) is 24.4 Å². The molecule has 0 fully saturated rings. The van der Waals surface area contributed by atoms with Crippen molar-refractivity contribution in [3.63, 3.8) is 0 Å². The van der Waals surface area contributed by atoms with Crippen LogP contribution in [0, 0.1) is 5.82 Å². The number of alkyl halides is 3. The van der Waals surface area contributed by atoms with Crippen molar-refractivity contribution in [2.75, 3.05) is 5.32 Å². The molecule has 0 aliphatic heterocycles. The molecule has 0 spiro atoms. The molecule has 120 valence electrons. The average Bonchev–Trinajstić information content (AvgIpc) is 2.91. The Hall–Kier alpha value is -2.71. The number of rotatable bonds is 3. The number of halogens is 4. The van der Waals surface area contributed by atoms with E-state index in [9.17, 15) is 17.6 Å². The first-order chi connectivity index (χ1) is 10.8. The van der Waals surface area contributed by atoms with Gasteiger partial charge in [-0.15, -0.1) is 15.3 Å². The van der Waals surface area contributed by atoms with Gasteiger partial charge < -0.3 is 5.32 Å². The molecule has 0 aliphatic rings. The third-order valence-corrected chi connectivity index (χ3v) is 3.25. The van der Waals surface area contributed by atoms with Gasteiger partial charge in [-0.05, 0) is 36.8 Å². The maximum absolute atomic E-state index is 12.9. The van der Waals surface area contributed by atoms with Gasteiger partial charge in [-0.2, -0.15) is 17.7 Å². The minimum Gasteiger partial charge on any atom is -0.362 e. The molecule has 3 rings (SSSR count). The molecule has 1 atom stereocenters. The Morgan fingerprint density at radius 2 is 1.74 bits per heavy atom. The Morgan fingerprint density at radius 1 is 1.04 bits per heavy atom. The molecule has 0 radical (unpaired) electrons.